The van der Waals surface area contributed by atoms with Crippen LogP contribution in [0.25, 0.3) is 0 Å². The standard InChI is InChI=1S/C23H26N2O6/c1-29-16-12-10-15(11-13-16)18-14-19(17-6-4-7-20(30-2)23(17)31-3)25(24-18)21(26)8-5-9-22(27)28/h4,6-7,10-13,19H,5,8-9,14H2,1-3H3,(H,27,28)/t19-/m1/s1. The van der Waals surface area contributed by atoms with Gasteiger partial charge in [0.25, 0.3) is 0 Å². The Balaban J connectivity index is 1.95. The van der Waals surface area contributed by atoms with Gasteiger partial charge in [0.05, 0.1) is 33.1 Å². The summed E-state index contributed by atoms with van der Waals surface area (Å²) in [4.78, 5) is 23.8. The molecule has 0 bridgehead atoms. The molecular formula is C23H26N2O6. The molecule has 8 heteroatoms. The topological polar surface area (TPSA) is 97.7 Å². The van der Waals surface area contributed by atoms with Crippen LogP contribution in [0.5, 0.6) is 17.2 Å². The van der Waals surface area contributed by atoms with Gasteiger partial charge in [-0.1, -0.05) is 12.1 Å². The van der Waals surface area contributed by atoms with Crippen molar-refractivity contribution in [1.29, 1.82) is 0 Å². The molecule has 0 aromatic heterocycles. The molecule has 8 nitrogen and oxygen atoms in total. The maximum absolute atomic E-state index is 13.0. The van der Waals surface area contributed by atoms with Crippen LogP contribution in [-0.4, -0.2) is 49.0 Å². The normalized spacial score (nSPS) is 15.4. The Hall–Kier alpha value is -3.55. The van der Waals surface area contributed by atoms with Gasteiger partial charge in [0.2, 0.25) is 5.91 Å². The molecule has 3 rings (SSSR count). The van der Waals surface area contributed by atoms with E-state index in [2.05, 4.69) is 5.10 Å². The van der Waals surface area contributed by atoms with E-state index in [1.807, 2.05) is 36.4 Å². The zero-order valence-electron chi connectivity index (χ0n) is 17.8. The van der Waals surface area contributed by atoms with Crippen molar-refractivity contribution in [2.75, 3.05) is 21.3 Å². The fourth-order valence-corrected chi connectivity index (χ4v) is 3.62. The van der Waals surface area contributed by atoms with Crippen molar-refractivity contribution >= 4 is 17.6 Å². The Morgan fingerprint density at radius 2 is 1.77 bits per heavy atom. The number of hydrogen-bond donors (Lipinski definition) is 1. The van der Waals surface area contributed by atoms with Crippen LogP contribution in [0.3, 0.4) is 0 Å². The summed E-state index contributed by atoms with van der Waals surface area (Å²) in [6.07, 6.45) is 0.761. The van der Waals surface area contributed by atoms with Gasteiger partial charge >= 0.3 is 5.97 Å². The molecule has 1 aliphatic rings. The fraction of sp³-hybridized carbons (Fsp3) is 0.348. The quantitative estimate of drug-likeness (QED) is 0.657. The summed E-state index contributed by atoms with van der Waals surface area (Å²) < 4.78 is 16.2. The summed E-state index contributed by atoms with van der Waals surface area (Å²) >= 11 is 0. The second-order valence-corrected chi connectivity index (χ2v) is 7.06. The minimum absolute atomic E-state index is 0.0677. The number of aliphatic carboxylic acids is 1. The number of rotatable bonds is 9. The van der Waals surface area contributed by atoms with Crippen molar-refractivity contribution in [3.63, 3.8) is 0 Å². The predicted octanol–water partition coefficient (Wildman–Crippen LogP) is 3.65. The molecule has 0 aliphatic carbocycles. The summed E-state index contributed by atoms with van der Waals surface area (Å²) in [6, 6.07) is 12.6. The first kappa shape index (κ1) is 22.1. The van der Waals surface area contributed by atoms with Crippen molar-refractivity contribution in [3.8, 4) is 17.2 Å². The lowest BCUT2D eigenvalue weighted by Gasteiger charge is -2.24. The van der Waals surface area contributed by atoms with E-state index in [1.54, 1.807) is 27.4 Å². The third kappa shape index (κ3) is 4.96. The molecule has 0 unspecified atom stereocenters. The molecule has 31 heavy (non-hydrogen) atoms. The number of methoxy groups -OCH3 is 3. The number of carboxylic acids is 1. The smallest absolute Gasteiger partial charge is 0.303 e. The van der Waals surface area contributed by atoms with Gasteiger partial charge < -0.3 is 19.3 Å². The third-order valence-electron chi connectivity index (χ3n) is 5.16. The number of hydrazone groups is 1. The highest BCUT2D eigenvalue weighted by atomic mass is 16.5. The largest absolute Gasteiger partial charge is 0.497 e. The van der Waals surface area contributed by atoms with Crippen molar-refractivity contribution in [2.45, 2.75) is 31.7 Å². The van der Waals surface area contributed by atoms with Crippen LogP contribution in [0, 0.1) is 0 Å². The molecule has 2 aromatic rings. The fourth-order valence-electron chi connectivity index (χ4n) is 3.62. The number of hydrogen-bond acceptors (Lipinski definition) is 6. The molecule has 0 radical (unpaired) electrons. The number of benzene rings is 2. The van der Waals surface area contributed by atoms with Crippen LogP contribution < -0.4 is 14.2 Å². The minimum Gasteiger partial charge on any atom is -0.497 e. The Morgan fingerprint density at radius 1 is 1.03 bits per heavy atom. The minimum atomic E-state index is -0.928. The highest BCUT2D eigenvalue weighted by molar-refractivity contribution is 6.03. The predicted molar refractivity (Wildman–Crippen MR) is 115 cm³/mol. The maximum Gasteiger partial charge on any atom is 0.303 e. The van der Waals surface area contributed by atoms with E-state index in [1.165, 1.54) is 5.01 Å². The van der Waals surface area contributed by atoms with Crippen LogP contribution >= 0.6 is 0 Å². The average molecular weight is 426 g/mol. The zero-order chi connectivity index (χ0) is 22.4. The first-order valence-electron chi connectivity index (χ1n) is 9.95. The van der Waals surface area contributed by atoms with Crippen LogP contribution in [0.2, 0.25) is 0 Å². The molecule has 0 spiro atoms. The van der Waals surface area contributed by atoms with Crippen LogP contribution in [0.1, 0.15) is 42.9 Å². The van der Waals surface area contributed by atoms with Gasteiger partial charge in [0.1, 0.15) is 5.75 Å². The van der Waals surface area contributed by atoms with Crippen molar-refractivity contribution in [1.82, 2.24) is 5.01 Å². The molecule has 0 saturated carbocycles. The molecule has 1 amide bonds. The Morgan fingerprint density at radius 3 is 2.39 bits per heavy atom. The van der Waals surface area contributed by atoms with Gasteiger partial charge in [0, 0.05) is 24.8 Å². The monoisotopic (exact) mass is 426 g/mol. The Labute approximate surface area is 181 Å². The maximum atomic E-state index is 13.0. The second kappa shape index (κ2) is 9.97. The SMILES string of the molecule is COc1ccc(C2=NN(C(=O)CCCC(=O)O)[C@@H](c3cccc(OC)c3OC)C2)cc1. The molecule has 2 aromatic carbocycles. The van der Waals surface area contributed by atoms with Crippen molar-refractivity contribution in [3.05, 3.63) is 53.6 Å². The number of carbonyl (C=O) groups is 2. The van der Waals surface area contributed by atoms with Crippen LogP contribution in [-0.2, 0) is 9.59 Å². The summed E-state index contributed by atoms with van der Waals surface area (Å²) in [6.45, 7) is 0. The van der Waals surface area contributed by atoms with Crippen LogP contribution in [0.4, 0.5) is 0 Å². The van der Waals surface area contributed by atoms with E-state index in [-0.39, 0.29) is 31.2 Å². The number of ether oxygens (including phenoxy) is 3. The van der Waals surface area contributed by atoms with E-state index < -0.39 is 5.97 Å². The summed E-state index contributed by atoms with van der Waals surface area (Å²) in [5.74, 6) is 0.679. The summed E-state index contributed by atoms with van der Waals surface area (Å²) in [5, 5.41) is 14.9. The number of amides is 1. The highest BCUT2D eigenvalue weighted by Crippen LogP contribution is 2.42. The molecular weight excluding hydrogens is 400 g/mol. The molecule has 0 fully saturated rings. The molecule has 0 saturated heterocycles. The van der Waals surface area contributed by atoms with Gasteiger partial charge in [-0.3, -0.25) is 9.59 Å². The molecule has 1 N–H and O–H groups in total. The van der Waals surface area contributed by atoms with Crippen molar-refractivity contribution < 1.29 is 28.9 Å². The van der Waals surface area contributed by atoms with Gasteiger partial charge in [-0.2, -0.15) is 5.10 Å². The van der Waals surface area contributed by atoms with Gasteiger partial charge in [-0.15, -0.1) is 0 Å². The van der Waals surface area contributed by atoms with E-state index in [9.17, 15) is 9.59 Å². The zero-order valence-corrected chi connectivity index (χ0v) is 17.8. The number of nitrogens with zero attached hydrogens (tertiary/aromatic N) is 2. The molecule has 1 heterocycles. The first-order chi connectivity index (χ1) is 15.0. The van der Waals surface area contributed by atoms with Gasteiger partial charge in [-0.05, 0) is 42.3 Å². The second-order valence-electron chi connectivity index (χ2n) is 7.06. The first-order valence-corrected chi connectivity index (χ1v) is 9.95. The van der Waals surface area contributed by atoms with E-state index >= 15 is 0 Å². The average Bonchev–Trinajstić information content (AvgIpc) is 3.23. The molecule has 1 aliphatic heterocycles. The number of para-hydroxylation sites is 1. The van der Waals surface area contributed by atoms with Crippen LogP contribution in [0.15, 0.2) is 47.6 Å². The third-order valence-corrected chi connectivity index (χ3v) is 5.16. The van der Waals surface area contributed by atoms with E-state index in [0.29, 0.717) is 17.9 Å². The van der Waals surface area contributed by atoms with E-state index in [0.717, 1.165) is 22.6 Å². The summed E-state index contributed by atoms with van der Waals surface area (Å²) in [7, 11) is 4.72. The van der Waals surface area contributed by atoms with E-state index in [4.69, 9.17) is 19.3 Å². The molecule has 1 atom stereocenters. The van der Waals surface area contributed by atoms with Gasteiger partial charge in [0.15, 0.2) is 11.5 Å². The van der Waals surface area contributed by atoms with Crippen molar-refractivity contribution in [2.24, 2.45) is 5.10 Å². The lowest BCUT2D eigenvalue weighted by molar-refractivity contribution is -0.137. The lowest BCUT2D eigenvalue weighted by atomic mass is 9.97. The lowest BCUT2D eigenvalue weighted by Crippen LogP contribution is -2.27. The Kier molecular flexibility index (Phi) is 7.12. The Bertz CT molecular complexity index is 971. The highest BCUT2D eigenvalue weighted by Gasteiger charge is 2.35. The number of carboxylic acid groups (broad SMARTS) is 1. The number of carbonyl (C=O) groups excluding carboxylic acids is 1. The summed E-state index contributed by atoms with van der Waals surface area (Å²) in [5.41, 5.74) is 2.42. The molecule has 164 valence electrons. The van der Waals surface area contributed by atoms with Gasteiger partial charge in [-0.25, -0.2) is 5.01 Å².